The third-order valence-corrected chi connectivity index (χ3v) is 4.27. The Morgan fingerprint density at radius 3 is 2.71 bits per heavy atom. The molecule has 0 aromatic carbocycles. The highest BCUT2D eigenvalue weighted by molar-refractivity contribution is 7.08. The number of nitrogens with zero attached hydrogens (tertiary/aromatic N) is 1. The van der Waals surface area contributed by atoms with E-state index in [-0.39, 0.29) is 6.04 Å². The Morgan fingerprint density at radius 2 is 2.14 bits per heavy atom. The smallest absolute Gasteiger partial charge is 0.100 e. The predicted octanol–water partition coefficient (Wildman–Crippen LogP) is 3.73. The summed E-state index contributed by atoms with van der Waals surface area (Å²) < 4.78 is 0. The number of pyridine rings is 1. The zero-order valence-corrected chi connectivity index (χ0v) is 13.7. The van der Waals surface area contributed by atoms with Gasteiger partial charge in [-0.15, -0.1) is 0 Å². The molecule has 2 rings (SSSR count). The molecule has 0 saturated carbocycles. The second kappa shape index (κ2) is 7.16. The fraction of sp³-hybridized carbons (Fsp3) is 0.471. The van der Waals surface area contributed by atoms with Gasteiger partial charge in [-0.25, -0.2) is 0 Å². The van der Waals surface area contributed by atoms with Gasteiger partial charge in [0.25, 0.3) is 0 Å². The van der Waals surface area contributed by atoms with Gasteiger partial charge in [-0.05, 0) is 53.8 Å². The number of thiophene rings is 1. The molecular weight excluding hydrogens is 280 g/mol. The van der Waals surface area contributed by atoms with Crippen molar-refractivity contribution in [3.8, 4) is 0 Å². The van der Waals surface area contributed by atoms with Crippen molar-refractivity contribution in [3.05, 3.63) is 52.5 Å². The van der Waals surface area contributed by atoms with Crippen LogP contribution in [0.4, 0.5) is 0 Å². The Labute approximate surface area is 131 Å². The van der Waals surface area contributed by atoms with E-state index in [1.807, 2.05) is 48.1 Å². The second-order valence-electron chi connectivity index (χ2n) is 6.10. The van der Waals surface area contributed by atoms with Crippen LogP contribution in [0.25, 0.3) is 0 Å². The van der Waals surface area contributed by atoms with E-state index >= 15 is 0 Å². The summed E-state index contributed by atoms with van der Waals surface area (Å²) in [7, 11) is 0. The highest BCUT2D eigenvalue weighted by Crippen LogP contribution is 2.25. The monoisotopic (exact) mass is 304 g/mol. The van der Waals surface area contributed by atoms with Crippen molar-refractivity contribution in [3.63, 3.8) is 0 Å². The van der Waals surface area contributed by atoms with Crippen LogP contribution in [-0.4, -0.2) is 16.6 Å². The van der Waals surface area contributed by atoms with Crippen LogP contribution in [0, 0.1) is 5.92 Å². The zero-order chi connectivity index (χ0) is 15.3. The summed E-state index contributed by atoms with van der Waals surface area (Å²) in [6.07, 6.45) is 2.82. The summed E-state index contributed by atoms with van der Waals surface area (Å²) in [5.41, 5.74) is 1.14. The maximum atomic E-state index is 10.6. The lowest BCUT2D eigenvalue weighted by Crippen LogP contribution is -2.37. The summed E-state index contributed by atoms with van der Waals surface area (Å²) in [4.78, 5) is 4.45. The Morgan fingerprint density at radius 1 is 1.33 bits per heavy atom. The SMILES string of the molecule is CC(C)C[C@@H](NC[C@](C)(O)c1ccsc1)c1ccccn1. The van der Waals surface area contributed by atoms with E-state index in [0.29, 0.717) is 12.5 Å². The van der Waals surface area contributed by atoms with Crippen LogP contribution in [0.3, 0.4) is 0 Å². The zero-order valence-electron chi connectivity index (χ0n) is 12.9. The lowest BCUT2D eigenvalue weighted by molar-refractivity contribution is 0.0531. The van der Waals surface area contributed by atoms with Gasteiger partial charge in [-0.1, -0.05) is 19.9 Å². The Hall–Kier alpha value is -1.23. The van der Waals surface area contributed by atoms with Crippen molar-refractivity contribution in [2.45, 2.75) is 38.8 Å². The Bertz CT molecular complexity index is 523. The first kappa shape index (κ1) is 16.1. The van der Waals surface area contributed by atoms with E-state index in [4.69, 9.17) is 0 Å². The number of hydrogen-bond acceptors (Lipinski definition) is 4. The van der Waals surface area contributed by atoms with Crippen molar-refractivity contribution >= 4 is 11.3 Å². The number of rotatable bonds is 7. The molecule has 2 heterocycles. The van der Waals surface area contributed by atoms with Gasteiger partial charge in [0.2, 0.25) is 0 Å². The standard InChI is InChI=1S/C17H24N2OS/c1-13(2)10-16(15-6-4-5-8-18-15)19-12-17(3,20)14-7-9-21-11-14/h4-9,11,13,16,19-20H,10,12H2,1-3H3/t16-,17+/m1/s1. The second-order valence-corrected chi connectivity index (χ2v) is 6.88. The highest BCUT2D eigenvalue weighted by atomic mass is 32.1. The minimum Gasteiger partial charge on any atom is -0.384 e. The lowest BCUT2D eigenvalue weighted by atomic mass is 9.96. The van der Waals surface area contributed by atoms with Gasteiger partial charge in [0.05, 0.1) is 5.69 Å². The van der Waals surface area contributed by atoms with Crippen molar-refractivity contribution < 1.29 is 5.11 Å². The van der Waals surface area contributed by atoms with E-state index in [0.717, 1.165) is 17.7 Å². The van der Waals surface area contributed by atoms with Crippen LogP contribution in [-0.2, 0) is 5.60 Å². The highest BCUT2D eigenvalue weighted by Gasteiger charge is 2.25. The average Bonchev–Trinajstić information content (AvgIpc) is 2.99. The first-order chi connectivity index (χ1) is 9.99. The molecule has 0 spiro atoms. The molecule has 4 heteroatoms. The first-order valence-electron chi connectivity index (χ1n) is 7.38. The van der Waals surface area contributed by atoms with Gasteiger partial charge in [0, 0.05) is 18.8 Å². The van der Waals surface area contributed by atoms with Crippen LogP contribution in [0.1, 0.15) is 44.5 Å². The van der Waals surface area contributed by atoms with Crippen LogP contribution >= 0.6 is 11.3 Å². The van der Waals surface area contributed by atoms with Crippen molar-refractivity contribution in [1.82, 2.24) is 10.3 Å². The molecule has 2 N–H and O–H groups in total. The van der Waals surface area contributed by atoms with Gasteiger partial charge in [-0.2, -0.15) is 11.3 Å². The molecule has 114 valence electrons. The molecule has 0 amide bonds. The first-order valence-corrected chi connectivity index (χ1v) is 8.32. The third-order valence-electron chi connectivity index (χ3n) is 3.59. The van der Waals surface area contributed by atoms with Crippen LogP contribution in [0.5, 0.6) is 0 Å². The molecule has 0 saturated heterocycles. The molecule has 2 atom stereocenters. The topological polar surface area (TPSA) is 45.1 Å². The van der Waals surface area contributed by atoms with Crippen LogP contribution in [0.15, 0.2) is 41.2 Å². The van der Waals surface area contributed by atoms with E-state index in [2.05, 4.69) is 24.1 Å². The number of hydrogen-bond donors (Lipinski definition) is 2. The fourth-order valence-corrected chi connectivity index (χ4v) is 3.14. The van der Waals surface area contributed by atoms with Crippen molar-refractivity contribution in [2.24, 2.45) is 5.92 Å². The molecule has 2 aromatic heterocycles. The molecule has 21 heavy (non-hydrogen) atoms. The van der Waals surface area contributed by atoms with Crippen LogP contribution < -0.4 is 5.32 Å². The van der Waals surface area contributed by atoms with E-state index < -0.39 is 5.60 Å². The third kappa shape index (κ3) is 4.63. The van der Waals surface area contributed by atoms with Crippen molar-refractivity contribution in [1.29, 1.82) is 0 Å². The summed E-state index contributed by atoms with van der Waals surface area (Å²) >= 11 is 1.61. The number of nitrogens with one attached hydrogen (secondary N) is 1. The Balaban J connectivity index is 2.06. The summed E-state index contributed by atoms with van der Waals surface area (Å²) in [6.45, 7) is 6.77. The molecule has 2 aromatic rings. The van der Waals surface area contributed by atoms with E-state index in [9.17, 15) is 5.11 Å². The summed E-state index contributed by atoms with van der Waals surface area (Å²) in [5.74, 6) is 0.565. The number of aliphatic hydroxyl groups is 1. The Kier molecular flexibility index (Phi) is 5.51. The van der Waals surface area contributed by atoms with Crippen molar-refractivity contribution in [2.75, 3.05) is 6.54 Å². The molecule has 0 radical (unpaired) electrons. The largest absolute Gasteiger partial charge is 0.384 e. The van der Waals surface area contributed by atoms with Gasteiger partial charge in [-0.3, -0.25) is 4.98 Å². The average molecular weight is 304 g/mol. The normalized spacial score (nSPS) is 15.9. The molecular formula is C17H24N2OS. The molecule has 0 aliphatic carbocycles. The summed E-state index contributed by atoms with van der Waals surface area (Å²) in [5, 5.41) is 18.1. The molecule has 0 aliphatic heterocycles. The maximum absolute atomic E-state index is 10.6. The van der Waals surface area contributed by atoms with Gasteiger partial charge >= 0.3 is 0 Å². The van der Waals surface area contributed by atoms with Crippen LogP contribution in [0.2, 0.25) is 0 Å². The molecule has 0 aliphatic rings. The van der Waals surface area contributed by atoms with Gasteiger partial charge in [0.1, 0.15) is 5.60 Å². The van der Waals surface area contributed by atoms with Gasteiger partial charge in [0.15, 0.2) is 0 Å². The van der Waals surface area contributed by atoms with E-state index in [1.165, 1.54) is 0 Å². The molecule has 0 bridgehead atoms. The van der Waals surface area contributed by atoms with Gasteiger partial charge < -0.3 is 10.4 Å². The van der Waals surface area contributed by atoms with E-state index in [1.54, 1.807) is 11.3 Å². The number of aromatic nitrogens is 1. The molecule has 3 nitrogen and oxygen atoms in total. The lowest BCUT2D eigenvalue weighted by Gasteiger charge is -2.27. The molecule has 0 fully saturated rings. The maximum Gasteiger partial charge on any atom is 0.100 e. The molecule has 0 unspecified atom stereocenters. The predicted molar refractivity (Wildman–Crippen MR) is 88.3 cm³/mol. The minimum absolute atomic E-state index is 0.163. The summed E-state index contributed by atoms with van der Waals surface area (Å²) in [6, 6.07) is 8.12. The fourth-order valence-electron chi connectivity index (χ4n) is 2.36. The quantitative estimate of drug-likeness (QED) is 0.819. The minimum atomic E-state index is -0.857.